The Bertz CT molecular complexity index is 993. The fourth-order valence-electron chi connectivity index (χ4n) is 3.87. The predicted octanol–water partition coefficient (Wildman–Crippen LogP) is 3.81. The molecule has 0 spiro atoms. The molecule has 0 aliphatic carbocycles. The van der Waals surface area contributed by atoms with Crippen LogP contribution >= 0.6 is 23.1 Å². The van der Waals surface area contributed by atoms with Gasteiger partial charge in [0, 0.05) is 49.7 Å². The van der Waals surface area contributed by atoms with Gasteiger partial charge in [-0.1, -0.05) is 42.1 Å². The molecule has 0 bridgehead atoms. The summed E-state index contributed by atoms with van der Waals surface area (Å²) >= 11 is 3.31. The molecule has 31 heavy (non-hydrogen) atoms. The minimum absolute atomic E-state index is 0.186. The lowest BCUT2D eigenvalue weighted by Gasteiger charge is -2.34. The minimum Gasteiger partial charge on any atom is -0.339 e. The van der Waals surface area contributed by atoms with Crippen molar-refractivity contribution in [2.24, 2.45) is 0 Å². The highest BCUT2D eigenvalue weighted by Crippen LogP contribution is 2.26. The fourth-order valence-corrected chi connectivity index (χ4v) is 5.47. The quantitative estimate of drug-likeness (QED) is 0.484. The molecule has 1 aliphatic rings. The highest BCUT2D eigenvalue weighted by atomic mass is 32.2. The van der Waals surface area contributed by atoms with Crippen LogP contribution < -0.4 is 0 Å². The number of amides is 1. The van der Waals surface area contributed by atoms with Crippen LogP contribution in [0.1, 0.15) is 17.4 Å². The highest BCUT2D eigenvalue weighted by Gasteiger charge is 2.22. The van der Waals surface area contributed by atoms with Crippen LogP contribution in [-0.4, -0.2) is 68.9 Å². The Morgan fingerprint density at radius 2 is 1.90 bits per heavy atom. The van der Waals surface area contributed by atoms with Crippen molar-refractivity contribution >= 4 is 29.0 Å². The molecule has 3 heterocycles. The average molecular weight is 456 g/mol. The molecule has 1 aromatic carbocycles. The number of rotatable bonds is 8. The minimum atomic E-state index is 0.186. The molecule has 1 amide bonds. The van der Waals surface area contributed by atoms with E-state index in [2.05, 4.69) is 63.2 Å². The van der Waals surface area contributed by atoms with Gasteiger partial charge < -0.3 is 9.47 Å². The molecular weight excluding hydrogens is 426 g/mol. The lowest BCUT2D eigenvalue weighted by molar-refractivity contribution is -0.130. The summed E-state index contributed by atoms with van der Waals surface area (Å²) < 4.78 is 2.10. The Morgan fingerprint density at radius 3 is 2.61 bits per heavy atom. The predicted molar refractivity (Wildman–Crippen MR) is 128 cm³/mol. The van der Waals surface area contributed by atoms with E-state index >= 15 is 0 Å². The van der Waals surface area contributed by atoms with E-state index in [1.54, 1.807) is 0 Å². The first kappa shape index (κ1) is 22.0. The number of hydrogen-bond acceptors (Lipinski definition) is 6. The van der Waals surface area contributed by atoms with Gasteiger partial charge in [0.2, 0.25) is 5.91 Å². The van der Waals surface area contributed by atoms with Crippen molar-refractivity contribution in [1.29, 1.82) is 0 Å². The van der Waals surface area contributed by atoms with Crippen LogP contribution in [0.15, 0.2) is 46.9 Å². The molecule has 1 aliphatic heterocycles. The van der Waals surface area contributed by atoms with Gasteiger partial charge >= 0.3 is 0 Å². The molecule has 4 rings (SSSR count). The number of aromatic nitrogens is 3. The summed E-state index contributed by atoms with van der Waals surface area (Å²) in [6.45, 7) is 9.52. The second kappa shape index (κ2) is 10.4. The van der Waals surface area contributed by atoms with Crippen molar-refractivity contribution in [2.75, 3.05) is 38.5 Å². The molecule has 0 saturated carbocycles. The molecule has 1 fully saturated rings. The SMILES string of the molecule is CCn1c(SCC(=O)N2CCN(CCc3cccs3)CC2)nnc1-c1ccccc1C. The van der Waals surface area contributed by atoms with Gasteiger partial charge in [0.05, 0.1) is 5.75 Å². The number of thioether (sulfide) groups is 1. The zero-order valence-corrected chi connectivity index (χ0v) is 19.8. The molecule has 0 atom stereocenters. The van der Waals surface area contributed by atoms with Crippen molar-refractivity contribution in [3.8, 4) is 11.4 Å². The number of carbonyl (C=O) groups is 1. The Hall–Kier alpha value is -2.16. The summed E-state index contributed by atoms with van der Waals surface area (Å²) in [6, 6.07) is 12.5. The van der Waals surface area contributed by atoms with Gasteiger partial charge in [-0.3, -0.25) is 9.69 Å². The lowest BCUT2D eigenvalue weighted by Crippen LogP contribution is -2.49. The standard InChI is InChI=1S/C23H29N5OS2/c1-3-28-22(20-9-5-4-7-18(20)2)24-25-23(28)31-17-21(29)27-14-12-26(13-15-27)11-10-19-8-6-16-30-19/h4-9,16H,3,10-15,17H2,1-2H3. The zero-order chi connectivity index (χ0) is 21.6. The number of aryl methyl sites for hydroxylation is 1. The fraction of sp³-hybridized carbons (Fsp3) is 0.435. The Labute approximate surface area is 192 Å². The van der Waals surface area contributed by atoms with Crippen molar-refractivity contribution in [3.05, 3.63) is 52.2 Å². The van der Waals surface area contributed by atoms with E-state index in [0.29, 0.717) is 5.75 Å². The van der Waals surface area contributed by atoms with Crippen LogP contribution in [0.2, 0.25) is 0 Å². The number of nitrogens with zero attached hydrogens (tertiary/aromatic N) is 5. The van der Waals surface area contributed by atoms with E-state index in [1.807, 2.05) is 28.4 Å². The van der Waals surface area contributed by atoms with Crippen LogP contribution in [0.5, 0.6) is 0 Å². The molecule has 0 radical (unpaired) electrons. The Balaban J connectivity index is 1.29. The maximum atomic E-state index is 12.8. The highest BCUT2D eigenvalue weighted by molar-refractivity contribution is 7.99. The van der Waals surface area contributed by atoms with Gasteiger partial charge in [-0.2, -0.15) is 0 Å². The largest absolute Gasteiger partial charge is 0.339 e. The number of carbonyl (C=O) groups excluding carboxylic acids is 1. The van der Waals surface area contributed by atoms with E-state index < -0.39 is 0 Å². The summed E-state index contributed by atoms with van der Waals surface area (Å²) in [5.74, 6) is 1.46. The van der Waals surface area contributed by atoms with Gasteiger partial charge in [0.25, 0.3) is 0 Å². The van der Waals surface area contributed by atoms with E-state index in [1.165, 1.54) is 22.2 Å². The molecule has 6 nitrogen and oxygen atoms in total. The van der Waals surface area contributed by atoms with Crippen LogP contribution in [0, 0.1) is 6.92 Å². The summed E-state index contributed by atoms with van der Waals surface area (Å²) in [4.78, 5) is 18.7. The van der Waals surface area contributed by atoms with Crippen molar-refractivity contribution in [1.82, 2.24) is 24.6 Å². The first-order chi connectivity index (χ1) is 15.2. The average Bonchev–Trinajstić information content (AvgIpc) is 3.46. The Morgan fingerprint density at radius 1 is 1.10 bits per heavy atom. The van der Waals surface area contributed by atoms with Crippen LogP contribution in [0.4, 0.5) is 0 Å². The lowest BCUT2D eigenvalue weighted by atomic mass is 10.1. The second-order valence-electron chi connectivity index (χ2n) is 7.71. The van der Waals surface area contributed by atoms with E-state index in [0.717, 1.165) is 62.2 Å². The number of benzene rings is 1. The van der Waals surface area contributed by atoms with Crippen molar-refractivity contribution < 1.29 is 4.79 Å². The molecular formula is C23H29N5OS2. The summed E-state index contributed by atoms with van der Waals surface area (Å²) in [6.07, 6.45) is 1.09. The summed E-state index contributed by atoms with van der Waals surface area (Å²) in [5, 5.41) is 11.7. The van der Waals surface area contributed by atoms with Gasteiger partial charge in [-0.15, -0.1) is 21.5 Å². The van der Waals surface area contributed by atoms with Crippen LogP contribution in [0.3, 0.4) is 0 Å². The van der Waals surface area contributed by atoms with Crippen LogP contribution in [-0.2, 0) is 17.8 Å². The molecule has 2 aromatic heterocycles. The number of hydrogen-bond donors (Lipinski definition) is 0. The van der Waals surface area contributed by atoms with Crippen molar-refractivity contribution in [2.45, 2.75) is 32.0 Å². The Kier molecular flexibility index (Phi) is 7.42. The number of piperazine rings is 1. The smallest absolute Gasteiger partial charge is 0.233 e. The monoisotopic (exact) mass is 455 g/mol. The van der Waals surface area contributed by atoms with E-state index in [-0.39, 0.29) is 5.91 Å². The van der Waals surface area contributed by atoms with E-state index in [9.17, 15) is 4.79 Å². The first-order valence-electron chi connectivity index (χ1n) is 10.8. The molecule has 1 saturated heterocycles. The van der Waals surface area contributed by atoms with Crippen molar-refractivity contribution in [3.63, 3.8) is 0 Å². The molecule has 0 unspecified atom stereocenters. The zero-order valence-electron chi connectivity index (χ0n) is 18.2. The third-order valence-corrected chi connectivity index (χ3v) is 7.61. The topological polar surface area (TPSA) is 54.3 Å². The van der Waals surface area contributed by atoms with Gasteiger partial charge in [-0.25, -0.2) is 0 Å². The van der Waals surface area contributed by atoms with E-state index in [4.69, 9.17) is 0 Å². The molecule has 0 N–H and O–H groups in total. The number of thiophene rings is 1. The molecule has 3 aromatic rings. The normalized spacial score (nSPS) is 14.8. The molecule has 8 heteroatoms. The molecule has 164 valence electrons. The third kappa shape index (κ3) is 5.37. The second-order valence-corrected chi connectivity index (χ2v) is 9.68. The maximum Gasteiger partial charge on any atom is 0.233 e. The maximum absolute atomic E-state index is 12.8. The third-order valence-electron chi connectivity index (χ3n) is 5.72. The first-order valence-corrected chi connectivity index (χ1v) is 12.7. The van der Waals surface area contributed by atoms with Gasteiger partial charge in [0.15, 0.2) is 11.0 Å². The summed E-state index contributed by atoms with van der Waals surface area (Å²) in [5.41, 5.74) is 2.27. The van der Waals surface area contributed by atoms with Crippen LogP contribution in [0.25, 0.3) is 11.4 Å². The summed E-state index contributed by atoms with van der Waals surface area (Å²) in [7, 11) is 0. The van der Waals surface area contributed by atoms with Gasteiger partial charge in [-0.05, 0) is 37.3 Å². The van der Waals surface area contributed by atoms with Gasteiger partial charge in [0.1, 0.15) is 0 Å².